The fourth-order valence-corrected chi connectivity index (χ4v) is 3.11. The molecule has 1 atom stereocenters. The Hall–Kier alpha value is -2.49. The first-order chi connectivity index (χ1) is 11.1. The Morgan fingerprint density at radius 2 is 1.83 bits per heavy atom. The van der Waals surface area contributed by atoms with Crippen molar-refractivity contribution in [1.82, 2.24) is 0 Å². The molecule has 0 unspecified atom stereocenters. The molecule has 4 nitrogen and oxygen atoms in total. The van der Waals surface area contributed by atoms with Gasteiger partial charge in [0.15, 0.2) is 0 Å². The second-order valence-corrected chi connectivity index (χ2v) is 6.15. The number of para-hydroxylation sites is 3. The minimum atomic E-state index is -0.200. The molecule has 2 aromatic rings. The maximum absolute atomic E-state index is 12.7. The zero-order valence-corrected chi connectivity index (χ0v) is 13.9. The summed E-state index contributed by atoms with van der Waals surface area (Å²) in [6.07, 6.45) is 1.00. The van der Waals surface area contributed by atoms with Crippen LogP contribution in [0, 0.1) is 0 Å². The van der Waals surface area contributed by atoms with Crippen molar-refractivity contribution in [3.63, 3.8) is 0 Å². The van der Waals surface area contributed by atoms with E-state index in [2.05, 4.69) is 28.4 Å². The summed E-state index contributed by atoms with van der Waals surface area (Å²) in [5, 5.41) is 3.08. The van der Waals surface area contributed by atoms with Crippen LogP contribution >= 0.6 is 0 Å². The zero-order chi connectivity index (χ0) is 16.4. The SMILES string of the molecule is C[C@@H](C(=O)Nc1ccccc1N(C)C)N1CCc2ccccc21. The van der Waals surface area contributed by atoms with E-state index in [1.807, 2.05) is 56.3 Å². The van der Waals surface area contributed by atoms with Gasteiger partial charge >= 0.3 is 0 Å². The Kier molecular flexibility index (Phi) is 4.24. The monoisotopic (exact) mass is 309 g/mol. The standard InChI is InChI=1S/C19H23N3O/c1-14(22-13-12-15-8-4-6-10-17(15)22)19(23)20-16-9-5-7-11-18(16)21(2)3/h4-11,14H,12-13H2,1-3H3,(H,20,23)/t14-/m0/s1. The molecule has 0 aliphatic carbocycles. The maximum atomic E-state index is 12.7. The van der Waals surface area contributed by atoms with Gasteiger partial charge in [0, 0.05) is 26.3 Å². The third kappa shape index (κ3) is 3.02. The molecule has 2 aromatic carbocycles. The molecule has 4 heteroatoms. The van der Waals surface area contributed by atoms with Crippen LogP contribution in [0.15, 0.2) is 48.5 Å². The van der Waals surface area contributed by atoms with Gasteiger partial charge in [0.25, 0.3) is 0 Å². The van der Waals surface area contributed by atoms with Crippen molar-refractivity contribution in [1.29, 1.82) is 0 Å². The van der Waals surface area contributed by atoms with Crippen LogP contribution in [0.1, 0.15) is 12.5 Å². The van der Waals surface area contributed by atoms with Crippen LogP contribution in [0.2, 0.25) is 0 Å². The number of amides is 1. The summed E-state index contributed by atoms with van der Waals surface area (Å²) in [6.45, 7) is 2.86. The quantitative estimate of drug-likeness (QED) is 0.942. The van der Waals surface area contributed by atoms with Gasteiger partial charge in [-0.2, -0.15) is 0 Å². The molecule has 1 N–H and O–H groups in total. The molecule has 0 fully saturated rings. The minimum Gasteiger partial charge on any atom is -0.376 e. The zero-order valence-electron chi connectivity index (χ0n) is 13.9. The molecular formula is C19H23N3O. The molecular weight excluding hydrogens is 286 g/mol. The first-order valence-corrected chi connectivity index (χ1v) is 7.99. The minimum absolute atomic E-state index is 0.0241. The first kappa shape index (κ1) is 15.4. The number of nitrogens with zero attached hydrogens (tertiary/aromatic N) is 2. The van der Waals surface area contributed by atoms with E-state index >= 15 is 0 Å². The van der Waals surface area contributed by atoms with Crippen molar-refractivity contribution < 1.29 is 4.79 Å². The largest absolute Gasteiger partial charge is 0.376 e. The Labute approximate surface area is 137 Å². The summed E-state index contributed by atoms with van der Waals surface area (Å²) in [4.78, 5) is 16.9. The highest BCUT2D eigenvalue weighted by atomic mass is 16.2. The number of carbonyl (C=O) groups excluding carboxylic acids is 1. The predicted molar refractivity (Wildman–Crippen MR) is 96.4 cm³/mol. The third-order valence-electron chi connectivity index (χ3n) is 4.41. The average Bonchev–Trinajstić information content (AvgIpc) is 2.98. The van der Waals surface area contributed by atoms with E-state index in [9.17, 15) is 4.79 Å². The summed E-state index contributed by atoms with van der Waals surface area (Å²) in [6, 6.07) is 16.0. The number of carbonyl (C=O) groups is 1. The highest BCUT2D eigenvalue weighted by molar-refractivity contribution is 5.99. The number of nitrogens with one attached hydrogen (secondary N) is 1. The second-order valence-electron chi connectivity index (χ2n) is 6.15. The van der Waals surface area contributed by atoms with Crippen molar-refractivity contribution in [3.8, 4) is 0 Å². The summed E-state index contributed by atoms with van der Waals surface area (Å²) >= 11 is 0. The highest BCUT2D eigenvalue weighted by Gasteiger charge is 2.27. The molecule has 23 heavy (non-hydrogen) atoms. The van der Waals surface area contributed by atoms with Gasteiger partial charge in [0.2, 0.25) is 5.91 Å². The van der Waals surface area contributed by atoms with Crippen LogP contribution in [0.4, 0.5) is 17.1 Å². The summed E-state index contributed by atoms with van der Waals surface area (Å²) in [5.41, 5.74) is 4.36. The van der Waals surface area contributed by atoms with E-state index < -0.39 is 0 Å². The molecule has 1 amide bonds. The van der Waals surface area contributed by atoms with Gasteiger partial charge < -0.3 is 15.1 Å². The molecule has 0 saturated carbocycles. The molecule has 0 radical (unpaired) electrons. The van der Waals surface area contributed by atoms with Crippen LogP contribution in [0.5, 0.6) is 0 Å². The molecule has 1 aliphatic heterocycles. The van der Waals surface area contributed by atoms with Crippen LogP contribution in [-0.2, 0) is 11.2 Å². The molecule has 1 heterocycles. The summed E-state index contributed by atoms with van der Waals surface area (Å²) < 4.78 is 0. The second kappa shape index (κ2) is 6.32. The molecule has 0 bridgehead atoms. The lowest BCUT2D eigenvalue weighted by atomic mass is 10.1. The maximum Gasteiger partial charge on any atom is 0.246 e. The van der Waals surface area contributed by atoms with Gasteiger partial charge in [-0.15, -0.1) is 0 Å². The Morgan fingerprint density at radius 3 is 2.61 bits per heavy atom. The lowest BCUT2D eigenvalue weighted by Crippen LogP contribution is -2.41. The number of rotatable bonds is 4. The van der Waals surface area contributed by atoms with Crippen molar-refractivity contribution >= 4 is 23.0 Å². The van der Waals surface area contributed by atoms with Crippen LogP contribution in [0.25, 0.3) is 0 Å². The highest BCUT2D eigenvalue weighted by Crippen LogP contribution is 2.30. The fourth-order valence-electron chi connectivity index (χ4n) is 3.11. The number of fused-ring (bicyclic) bond motifs is 1. The molecule has 0 saturated heterocycles. The number of benzene rings is 2. The predicted octanol–water partition coefficient (Wildman–Crippen LogP) is 3.14. The fraction of sp³-hybridized carbons (Fsp3) is 0.316. The van der Waals surface area contributed by atoms with Gasteiger partial charge in [-0.3, -0.25) is 4.79 Å². The van der Waals surface area contributed by atoms with Gasteiger partial charge in [-0.05, 0) is 37.1 Å². The third-order valence-corrected chi connectivity index (χ3v) is 4.41. The molecule has 120 valence electrons. The Balaban J connectivity index is 1.77. The van der Waals surface area contributed by atoms with Gasteiger partial charge in [-0.1, -0.05) is 30.3 Å². The van der Waals surface area contributed by atoms with E-state index in [0.717, 1.165) is 24.3 Å². The molecule has 0 spiro atoms. The average molecular weight is 309 g/mol. The van der Waals surface area contributed by atoms with Crippen LogP contribution in [-0.4, -0.2) is 32.6 Å². The summed E-state index contributed by atoms with van der Waals surface area (Å²) in [5.74, 6) is 0.0241. The number of anilines is 3. The Morgan fingerprint density at radius 1 is 1.13 bits per heavy atom. The number of hydrogen-bond acceptors (Lipinski definition) is 3. The van der Waals surface area contributed by atoms with Crippen LogP contribution in [0.3, 0.4) is 0 Å². The van der Waals surface area contributed by atoms with Crippen molar-refractivity contribution in [2.75, 3.05) is 35.8 Å². The van der Waals surface area contributed by atoms with E-state index in [0.29, 0.717) is 0 Å². The summed E-state index contributed by atoms with van der Waals surface area (Å²) in [7, 11) is 3.95. The van der Waals surface area contributed by atoms with E-state index in [4.69, 9.17) is 0 Å². The molecule has 1 aliphatic rings. The van der Waals surface area contributed by atoms with Gasteiger partial charge in [0.05, 0.1) is 11.4 Å². The Bertz CT molecular complexity index is 711. The smallest absolute Gasteiger partial charge is 0.246 e. The van der Waals surface area contributed by atoms with Gasteiger partial charge in [-0.25, -0.2) is 0 Å². The van der Waals surface area contributed by atoms with Gasteiger partial charge in [0.1, 0.15) is 6.04 Å². The number of hydrogen-bond donors (Lipinski definition) is 1. The molecule has 3 rings (SSSR count). The topological polar surface area (TPSA) is 35.6 Å². The lowest BCUT2D eigenvalue weighted by Gasteiger charge is -2.27. The van der Waals surface area contributed by atoms with Crippen molar-refractivity contribution in [2.24, 2.45) is 0 Å². The van der Waals surface area contributed by atoms with Crippen molar-refractivity contribution in [2.45, 2.75) is 19.4 Å². The first-order valence-electron chi connectivity index (χ1n) is 7.99. The van der Waals surface area contributed by atoms with E-state index in [-0.39, 0.29) is 11.9 Å². The van der Waals surface area contributed by atoms with E-state index in [1.165, 1.54) is 11.3 Å². The normalized spacial score (nSPS) is 14.3. The lowest BCUT2D eigenvalue weighted by molar-refractivity contribution is -0.117. The van der Waals surface area contributed by atoms with E-state index in [1.54, 1.807) is 0 Å². The van der Waals surface area contributed by atoms with Crippen molar-refractivity contribution in [3.05, 3.63) is 54.1 Å². The molecule has 0 aromatic heterocycles. The van der Waals surface area contributed by atoms with Crippen LogP contribution < -0.4 is 15.1 Å².